The van der Waals surface area contributed by atoms with Gasteiger partial charge in [-0.2, -0.15) is 0 Å². The molecule has 1 N–H and O–H groups in total. The second kappa shape index (κ2) is 12.0. The van der Waals surface area contributed by atoms with Crippen LogP contribution in [0.15, 0.2) is 37.1 Å². The zero-order chi connectivity index (χ0) is 27.5. The lowest BCUT2D eigenvalue weighted by Gasteiger charge is -2.32. The van der Waals surface area contributed by atoms with E-state index in [1.165, 1.54) is 20.3 Å². The third kappa shape index (κ3) is 6.08. The van der Waals surface area contributed by atoms with E-state index < -0.39 is 0 Å². The van der Waals surface area contributed by atoms with Gasteiger partial charge in [0.15, 0.2) is 5.78 Å². The van der Waals surface area contributed by atoms with Crippen molar-refractivity contribution in [2.24, 2.45) is 11.8 Å². The molecule has 0 radical (unpaired) electrons. The van der Waals surface area contributed by atoms with Crippen LogP contribution in [0.5, 0.6) is 17.4 Å². The van der Waals surface area contributed by atoms with Gasteiger partial charge in [-0.25, -0.2) is 9.97 Å². The standard InChI is InChI=1S/C29H31Cl2N3O5/c1-4-19(35)9-17-7-8-38-15-22(17)33-25-11-20-18(13-32-25)10-21(34-29(20)39-14-16-5-6-16)26-27(30)23(36-2)12-24(37-3)28(26)31/h4,10-13,16-17,22H,1,5-9,14-15H2,2-3H3,(H,32,33)/t17-,22-/m1/s1. The van der Waals surface area contributed by atoms with Gasteiger partial charge in [0.25, 0.3) is 0 Å². The van der Waals surface area contributed by atoms with Gasteiger partial charge >= 0.3 is 0 Å². The number of ether oxygens (including phenoxy) is 4. The normalized spacial score (nSPS) is 19.0. The minimum absolute atomic E-state index is 0.0270. The van der Waals surface area contributed by atoms with Crippen LogP contribution in [-0.4, -0.2) is 55.8 Å². The summed E-state index contributed by atoms with van der Waals surface area (Å²) in [6.45, 7) is 5.30. The number of carbonyl (C=O) groups excluding carboxylic acids is 1. The molecule has 8 nitrogen and oxygen atoms in total. The van der Waals surface area contributed by atoms with Crippen LogP contribution in [-0.2, 0) is 9.53 Å². The highest BCUT2D eigenvalue weighted by molar-refractivity contribution is 6.41. The molecule has 5 rings (SSSR count). The Morgan fingerprint density at radius 3 is 2.56 bits per heavy atom. The number of benzene rings is 1. The number of ketones is 1. The topological polar surface area (TPSA) is 91.8 Å². The number of allylic oxidation sites excluding steroid dienone is 1. The zero-order valence-electron chi connectivity index (χ0n) is 22.0. The Hall–Kier alpha value is -3.07. The first kappa shape index (κ1) is 27.5. The highest BCUT2D eigenvalue weighted by Gasteiger charge is 2.28. The lowest BCUT2D eigenvalue weighted by Crippen LogP contribution is -2.39. The number of pyridine rings is 2. The largest absolute Gasteiger partial charge is 0.495 e. The maximum atomic E-state index is 12.0. The Bertz CT molecular complexity index is 1370. The molecule has 2 aromatic heterocycles. The van der Waals surface area contributed by atoms with E-state index >= 15 is 0 Å². The van der Waals surface area contributed by atoms with Gasteiger partial charge in [-0.15, -0.1) is 0 Å². The molecule has 0 bridgehead atoms. The summed E-state index contributed by atoms with van der Waals surface area (Å²) in [5, 5.41) is 5.73. The molecule has 1 aliphatic heterocycles. The molecule has 1 saturated carbocycles. The SMILES string of the molecule is C=CC(=O)C[C@H]1CCOC[C@H]1Nc1cc2c(OCC3CC3)nc(-c3c(Cl)c(OC)cc(OC)c3Cl)cc2cn1. The summed E-state index contributed by atoms with van der Waals surface area (Å²) in [6.07, 6.45) is 6.64. The first-order chi connectivity index (χ1) is 18.9. The highest BCUT2D eigenvalue weighted by Crippen LogP contribution is 2.46. The van der Waals surface area contributed by atoms with Crippen LogP contribution in [0.25, 0.3) is 22.0 Å². The van der Waals surface area contributed by atoms with Crippen molar-refractivity contribution in [2.45, 2.75) is 31.7 Å². The minimum Gasteiger partial charge on any atom is -0.495 e. The number of fused-ring (bicyclic) bond motifs is 1. The van der Waals surface area contributed by atoms with Gasteiger partial charge in [0.1, 0.15) is 17.3 Å². The Morgan fingerprint density at radius 1 is 1.15 bits per heavy atom. The van der Waals surface area contributed by atoms with Crippen LogP contribution in [0, 0.1) is 11.8 Å². The summed E-state index contributed by atoms with van der Waals surface area (Å²) in [5.41, 5.74) is 1.01. The number of rotatable bonds is 11. The van der Waals surface area contributed by atoms with E-state index in [2.05, 4.69) is 16.9 Å². The molecule has 0 spiro atoms. The van der Waals surface area contributed by atoms with Crippen molar-refractivity contribution in [1.29, 1.82) is 0 Å². The fourth-order valence-corrected chi connectivity index (χ4v) is 5.44. The average molecular weight is 572 g/mol. The number of anilines is 1. The number of nitrogens with one attached hydrogen (secondary N) is 1. The summed E-state index contributed by atoms with van der Waals surface area (Å²) >= 11 is 13.4. The minimum atomic E-state index is -0.0578. The third-order valence-corrected chi connectivity index (χ3v) is 7.94. The van der Waals surface area contributed by atoms with Crippen molar-refractivity contribution in [3.05, 3.63) is 47.1 Å². The molecular formula is C29H31Cl2N3O5. The smallest absolute Gasteiger partial charge is 0.222 e. The quantitative estimate of drug-likeness (QED) is 0.265. The van der Waals surface area contributed by atoms with Gasteiger partial charge in [-0.05, 0) is 49.3 Å². The van der Waals surface area contributed by atoms with Gasteiger partial charge in [0, 0.05) is 41.6 Å². The molecule has 0 unspecified atom stereocenters. The van der Waals surface area contributed by atoms with E-state index in [0.29, 0.717) is 76.7 Å². The summed E-state index contributed by atoms with van der Waals surface area (Å²) in [7, 11) is 3.06. The van der Waals surface area contributed by atoms with Crippen LogP contribution >= 0.6 is 23.2 Å². The fraction of sp³-hybridized carbons (Fsp3) is 0.414. The van der Waals surface area contributed by atoms with E-state index in [1.807, 2.05) is 12.1 Å². The summed E-state index contributed by atoms with van der Waals surface area (Å²) in [4.78, 5) is 21.6. The maximum Gasteiger partial charge on any atom is 0.222 e. The number of halogens is 2. The van der Waals surface area contributed by atoms with Crippen molar-refractivity contribution < 1.29 is 23.7 Å². The second-order valence-corrected chi connectivity index (χ2v) is 10.6. The van der Waals surface area contributed by atoms with Crippen molar-refractivity contribution >= 4 is 45.6 Å². The number of nitrogens with zero attached hydrogens (tertiary/aromatic N) is 2. The highest BCUT2D eigenvalue weighted by atomic mass is 35.5. The first-order valence-corrected chi connectivity index (χ1v) is 13.7. The van der Waals surface area contributed by atoms with Crippen molar-refractivity contribution in [2.75, 3.05) is 39.4 Å². The summed E-state index contributed by atoms with van der Waals surface area (Å²) < 4.78 is 22.8. The molecule has 1 saturated heterocycles. The molecule has 1 aromatic carbocycles. The second-order valence-electron chi connectivity index (χ2n) is 9.89. The van der Waals surface area contributed by atoms with E-state index in [9.17, 15) is 4.79 Å². The predicted octanol–water partition coefficient (Wildman–Crippen LogP) is 6.37. The number of methoxy groups -OCH3 is 2. The van der Waals surface area contributed by atoms with Gasteiger partial charge in [-0.1, -0.05) is 29.8 Å². The fourth-order valence-electron chi connectivity index (χ4n) is 4.74. The van der Waals surface area contributed by atoms with Gasteiger partial charge in [0.2, 0.25) is 5.88 Å². The molecule has 10 heteroatoms. The number of aromatic nitrogens is 2. The summed E-state index contributed by atoms with van der Waals surface area (Å²) in [6, 6.07) is 5.38. The first-order valence-electron chi connectivity index (χ1n) is 12.9. The number of hydrogen-bond acceptors (Lipinski definition) is 8. The van der Waals surface area contributed by atoms with Crippen molar-refractivity contribution in [1.82, 2.24) is 9.97 Å². The Kier molecular flexibility index (Phi) is 8.45. The van der Waals surface area contributed by atoms with Crippen molar-refractivity contribution in [3.8, 4) is 28.6 Å². The Balaban J connectivity index is 1.54. The molecule has 3 heterocycles. The zero-order valence-corrected chi connectivity index (χ0v) is 23.5. The van der Waals surface area contributed by atoms with E-state index in [4.69, 9.17) is 47.1 Å². The van der Waals surface area contributed by atoms with Crippen molar-refractivity contribution in [3.63, 3.8) is 0 Å². The number of hydrogen-bond donors (Lipinski definition) is 1. The Morgan fingerprint density at radius 2 is 1.90 bits per heavy atom. The maximum absolute atomic E-state index is 12.0. The Labute approximate surface area is 237 Å². The monoisotopic (exact) mass is 571 g/mol. The molecule has 2 atom stereocenters. The predicted molar refractivity (Wildman–Crippen MR) is 152 cm³/mol. The average Bonchev–Trinajstić information content (AvgIpc) is 3.78. The van der Waals surface area contributed by atoms with Crippen LogP contribution < -0.4 is 19.5 Å². The molecule has 206 valence electrons. The molecule has 2 fully saturated rings. The van der Waals surface area contributed by atoms with Gasteiger partial charge in [-0.3, -0.25) is 4.79 Å². The van der Waals surface area contributed by atoms with Crippen LogP contribution in [0.4, 0.5) is 5.82 Å². The van der Waals surface area contributed by atoms with E-state index in [0.717, 1.165) is 30.0 Å². The lowest BCUT2D eigenvalue weighted by molar-refractivity contribution is -0.116. The van der Waals surface area contributed by atoms with Gasteiger partial charge < -0.3 is 24.3 Å². The molecule has 39 heavy (non-hydrogen) atoms. The van der Waals surface area contributed by atoms with E-state index in [1.54, 1.807) is 12.3 Å². The third-order valence-electron chi connectivity index (χ3n) is 7.19. The van der Waals surface area contributed by atoms with Gasteiger partial charge in [0.05, 0.1) is 49.2 Å². The molecule has 1 aliphatic carbocycles. The molecule has 2 aliphatic rings. The van der Waals surface area contributed by atoms with Crippen LogP contribution in [0.1, 0.15) is 25.7 Å². The van der Waals surface area contributed by atoms with Crippen LogP contribution in [0.3, 0.4) is 0 Å². The molecular weight excluding hydrogens is 541 g/mol. The van der Waals surface area contributed by atoms with E-state index in [-0.39, 0.29) is 17.7 Å². The number of carbonyl (C=O) groups is 1. The van der Waals surface area contributed by atoms with Crippen LogP contribution in [0.2, 0.25) is 10.0 Å². The summed E-state index contributed by atoms with van der Waals surface area (Å²) in [5.74, 6) is 2.64. The molecule has 0 amide bonds. The lowest BCUT2D eigenvalue weighted by atomic mass is 9.89. The molecule has 3 aromatic rings.